The number of thioether (sulfide) groups is 1. The van der Waals surface area contributed by atoms with Crippen molar-refractivity contribution in [3.8, 4) is 0 Å². The predicted octanol–water partition coefficient (Wildman–Crippen LogP) is 3.59. The monoisotopic (exact) mass is 422 g/mol. The van der Waals surface area contributed by atoms with E-state index in [9.17, 15) is 4.79 Å². The summed E-state index contributed by atoms with van der Waals surface area (Å²) in [4.78, 5) is 23.1. The van der Waals surface area contributed by atoms with Gasteiger partial charge in [0.05, 0.1) is 11.6 Å². The molecule has 0 aliphatic rings. The van der Waals surface area contributed by atoms with Crippen molar-refractivity contribution in [3.05, 3.63) is 84.3 Å². The number of hydrogen-bond donors (Lipinski definition) is 2. The molecule has 2 aromatic heterocycles. The van der Waals surface area contributed by atoms with Crippen molar-refractivity contribution in [2.45, 2.75) is 23.7 Å². The molecule has 0 spiro atoms. The molecule has 0 saturated heterocycles. The number of anilines is 1. The van der Waals surface area contributed by atoms with Gasteiger partial charge in [-0.1, -0.05) is 24.3 Å². The number of nitrogens with zero attached hydrogens (tertiary/aromatic N) is 3. The van der Waals surface area contributed by atoms with Gasteiger partial charge in [-0.2, -0.15) is 0 Å². The minimum Gasteiger partial charge on any atom is -0.396 e. The lowest BCUT2D eigenvalue weighted by molar-refractivity contribution is -0.117. The molecule has 0 saturated carbocycles. The van der Waals surface area contributed by atoms with Crippen molar-refractivity contribution < 1.29 is 9.90 Å². The maximum Gasteiger partial charge on any atom is 0.238 e. The number of amides is 1. The predicted molar refractivity (Wildman–Crippen MR) is 120 cm³/mol. The van der Waals surface area contributed by atoms with Crippen LogP contribution in [0.2, 0.25) is 0 Å². The van der Waals surface area contributed by atoms with Crippen LogP contribution >= 0.6 is 11.8 Å². The molecule has 156 valence electrons. The molecule has 0 bridgehead atoms. The Labute approximate surface area is 181 Å². The Morgan fingerprint density at radius 2 is 1.97 bits per heavy atom. The van der Waals surface area contributed by atoms with Gasteiger partial charge in [-0.3, -0.25) is 14.7 Å². The first kappa shape index (κ1) is 22.0. The van der Waals surface area contributed by atoms with Crippen LogP contribution in [0.15, 0.2) is 78.2 Å². The lowest BCUT2D eigenvalue weighted by atomic mass is 10.2. The average Bonchev–Trinajstić information content (AvgIpc) is 2.78. The molecule has 1 aromatic carbocycles. The van der Waals surface area contributed by atoms with Crippen molar-refractivity contribution in [2.75, 3.05) is 25.0 Å². The largest absolute Gasteiger partial charge is 0.396 e. The molecule has 30 heavy (non-hydrogen) atoms. The Morgan fingerprint density at radius 1 is 1.07 bits per heavy atom. The van der Waals surface area contributed by atoms with Crippen molar-refractivity contribution in [1.82, 2.24) is 14.9 Å². The number of aliphatic hydroxyl groups excluding tert-OH is 1. The zero-order valence-electron chi connectivity index (χ0n) is 16.8. The summed E-state index contributed by atoms with van der Waals surface area (Å²) in [5.41, 5.74) is 2.94. The SMILES string of the molecule is O=C(CN(CCCO)Cc1cccnc1)Nc1cccc(CSc2ccccn2)c1. The highest BCUT2D eigenvalue weighted by Gasteiger charge is 2.12. The topological polar surface area (TPSA) is 78.4 Å². The fourth-order valence-electron chi connectivity index (χ4n) is 2.99. The molecule has 3 aromatic rings. The summed E-state index contributed by atoms with van der Waals surface area (Å²) in [5.74, 6) is 0.705. The van der Waals surface area contributed by atoms with E-state index >= 15 is 0 Å². The number of carbonyl (C=O) groups excluding carboxylic acids is 1. The zero-order chi connectivity index (χ0) is 21.0. The summed E-state index contributed by atoms with van der Waals surface area (Å²) < 4.78 is 0. The first-order chi connectivity index (χ1) is 14.7. The minimum absolute atomic E-state index is 0.0774. The Morgan fingerprint density at radius 3 is 2.73 bits per heavy atom. The Hall–Kier alpha value is -2.74. The van der Waals surface area contributed by atoms with Crippen LogP contribution in [-0.4, -0.2) is 45.6 Å². The number of pyridine rings is 2. The molecule has 0 unspecified atom stereocenters. The van der Waals surface area contributed by atoms with Crippen LogP contribution in [0.1, 0.15) is 17.5 Å². The van der Waals surface area contributed by atoms with Crippen LogP contribution in [0.5, 0.6) is 0 Å². The minimum atomic E-state index is -0.0774. The summed E-state index contributed by atoms with van der Waals surface area (Å²) in [6.45, 7) is 1.60. The van der Waals surface area contributed by atoms with E-state index in [-0.39, 0.29) is 19.1 Å². The third-order valence-electron chi connectivity index (χ3n) is 4.36. The van der Waals surface area contributed by atoms with E-state index < -0.39 is 0 Å². The number of aromatic nitrogens is 2. The van der Waals surface area contributed by atoms with Gasteiger partial charge in [0.25, 0.3) is 0 Å². The van der Waals surface area contributed by atoms with E-state index in [0.29, 0.717) is 19.5 Å². The second kappa shape index (κ2) is 12.1. The normalized spacial score (nSPS) is 10.9. The molecule has 0 radical (unpaired) electrons. The van der Waals surface area contributed by atoms with Crippen molar-refractivity contribution in [1.29, 1.82) is 0 Å². The second-order valence-corrected chi connectivity index (χ2v) is 7.85. The molecular formula is C23H26N4O2S. The molecule has 2 N–H and O–H groups in total. The van der Waals surface area contributed by atoms with E-state index in [0.717, 1.165) is 27.6 Å². The highest BCUT2D eigenvalue weighted by Crippen LogP contribution is 2.22. The van der Waals surface area contributed by atoms with Crippen LogP contribution in [0.4, 0.5) is 5.69 Å². The van der Waals surface area contributed by atoms with Crippen LogP contribution in [-0.2, 0) is 17.1 Å². The molecule has 7 heteroatoms. The fraction of sp³-hybridized carbons (Fsp3) is 0.261. The summed E-state index contributed by atoms with van der Waals surface area (Å²) in [6.07, 6.45) is 5.93. The number of benzene rings is 1. The molecular weight excluding hydrogens is 396 g/mol. The van der Waals surface area contributed by atoms with Crippen LogP contribution < -0.4 is 5.32 Å². The molecule has 6 nitrogen and oxygen atoms in total. The van der Waals surface area contributed by atoms with E-state index in [1.807, 2.05) is 59.5 Å². The lowest BCUT2D eigenvalue weighted by Gasteiger charge is -2.21. The van der Waals surface area contributed by atoms with Gasteiger partial charge in [0.2, 0.25) is 5.91 Å². The maximum absolute atomic E-state index is 12.6. The Balaban J connectivity index is 1.55. The molecule has 0 aliphatic carbocycles. The molecule has 0 fully saturated rings. The second-order valence-electron chi connectivity index (χ2n) is 6.85. The van der Waals surface area contributed by atoms with Crippen LogP contribution in [0.3, 0.4) is 0 Å². The lowest BCUT2D eigenvalue weighted by Crippen LogP contribution is -2.34. The Kier molecular flexibility index (Phi) is 8.83. The van der Waals surface area contributed by atoms with Gasteiger partial charge < -0.3 is 10.4 Å². The van der Waals surface area contributed by atoms with Gasteiger partial charge in [-0.15, -0.1) is 11.8 Å². The molecule has 0 aliphatic heterocycles. The van der Waals surface area contributed by atoms with E-state index in [1.165, 1.54) is 0 Å². The quantitative estimate of drug-likeness (QED) is 0.460. The highest BCUT2D eigenvalue weighted by molar-refractivity contribution is 7.98. The highest BCUT2D eigenvalue weighted by atomic mass is 32.2. The van der Waals surface area contributed by atoms with E-state index in [4.69, 9.17) is 5.11 Å². The van der Waals surface area contributed by atoms with Gasteiger partial charge in [-0.25, -0.2) is 4.98 Å². The van der Waals surface area contributed by atoms with E-state index in [2.05, 4.69) is 15.3 Å². The standard InChI is InChI=1S/C23H26N4O2S/c28-13-5-12-27(16-20-7-4-10-24-15-20)17-22(29)26-21-8-3-6-19(14-21)18-30-23-9-1-2-11-25-23/h1-4,6-11,14-15,28H,5,12-13,16-18H2,(H,26,29). The van der Waals surface area contributed by atoms with Gasteiger partial charge in [0.15, 0.2) is 0 Å². The van der Waals surface area contributed by atoms with Gasteiger partial charge in [-0.05, 0) is 47.9 Å². The number of carbonyl (C=O) groups is 1. The van der Waals surface area contributed by atoms with Crippen molar-refractivity contribution in [3.63, 3.8) is 0 Å². The molecule has 2 heterocycles. The first-order valence-corrected chi connectivity index (χ1v) is 10.9. The third kappa shape index (κ3) is 7.59. The maximum atomic E-state index is 12.6. The summed E-state index contributed by atoms with van der Waals surface area (Å²) in [5, 5.41) is 13.1. The third-order valence-corrected chi connectivity index (χ3v) is 5.38. The summed E-state index contributed by atoms with van der Waals surface area (Å²) in [6, 6.07) is 17.6. The zero-order valence-corrected chi connectivity index (χ0v) is 17.6. The number of hydrogen-bond acceptors (Lipinski definition) is 6. The molecule has 3 rings (SSSR count). The summed E-state index contributed by atoms with van der Waals surface area (Å²) in [7, 11) is 0. The van der Waals surface area contributed by atoms with Crippen molar-refractivity contribution in [2.24, 2.45) is 0 Å². The van der Waals surface area contributed by atoms with Gasteiger partial charge in [0, 0.05) is 49.7 Å². The number of nitrogens with one attached hydrogen (secondary N) is 1. The molecule has 0 atom stereocenters. The number of rotatable bonds is 11. The average molecular weight is 423 g/mol. The van der Waals surface area contributed by atoms with E-state index in [1.54, 1.807) is 30.4 Å². The number of aliphatic hydroxyl groups is 1. The smallest absolute Gasteiger partial charge is 0.238 e. The first-order valence-electron chi connectivity index (χ1n) is 9.87. The van der Waals surface area contributed by atoms with Crippen LogP contribution in [0.25, 0.3) is 0 Å². The van der Waals surface area contributed by atoms with Crippen LogP contribution in [0, 0.1) is 0 Å². The van der Waals surface area contributed by atoms with Crippen molar-refractivity contribution >= 4 is 23.4 Å². The Bertz CT molecular complexity index is 909. The van der Waals surface area contributed by atoms with Gasteiger partial charge >= 0.3 is 0 Å². The fourth-order valence-corrected chi connectivity index (χ4v) is 3.79. The molecule has 1 amide bonds. The summed E-state index contributed by atoms with van der Waals surface area (Å²) >= 11 is 1.66. The van der Waals surface area contributed by atoms with Gasteiger partial charge in [0.1, 0.15) is 0 Å².